The Balaban J connectivity index is 1.93. The fourth-order valence-electron chi connectivity index (χ4n) is 1.68. The number of rotatable bonds is 4. The quantitative estimate of drug-likeness (QED) is 0.367. The molecular formula is C15H10Cl2N4O4. The Kier molecular flexibility index (Phi) is 6.04. The maximum atomic E-state index is 11.8. The van der Waals surface area contributed by atoms with Crippen LogP contribution in [0.4, 0.5) is 11.4 Å². The van der Waals surface area contributed by atoms with Gasteiger partial charge in [-0.05, 0) is 29.8 Å². The van der Waals surface area contributed by atoms with E-state index in [0.29, 0.717) is 5.56 Å². The molecule has 2 rings (SSSR count). The highest BCUT2D eigenvalue weighted by molar-refractivity contribution is 6.45. The van der Waals surface area contributed by atoms with Gasteiger partial charge in [0.25, 0.3) is 5.69 Å². The zero-order valence-corrected chi connectivity index (χ0v) is 13.9. The lowest BCUT2D eigenvalue weighted by Gasteiger charge is -2.06. The fourth-order valence-corrected chi connectivity index (χ4v) is 2.03. The number of amides is 2. The van der Waals surface area contributed by atoms with Crippen molar-refractivity contribution in [2.45, 2.75) is 0 Å². The lowest BCUT2D eigenvalue weighted by molar-refractivity contribution is -0.384. The van der Waals surface area contributed by atoms with Crippen molar-refractivity contribution in [3.63, 3.8) is 0 Å². The lowest BCUT2D eigenvalue weighted by atomic mass is 10.2. The van der Waals surface area contributed by atoms with E-state index in [4.69, 9.17) is 23.2 Å². The number of nitrogens with one attached hydrogen (secondary N) is 2. The first kappa shape index (κ1) is 18.4. The van der Waals surface area contributed by atoms with Gasteiger partial charge in [-0.25, -0.2) is 5.43 Å². The van der Waals surface area contributed by atoms with Crippen LogP contribution in [0.5, 0.6) is 0 Å². The summed E-state index contributed by atoms with van der Waals surface area (Å²) >= 11 is 11.7. The molecule has 0 aliphatic heterocycles. The molecule has 8 nitrogen and oxygen atoms in total. The van der Waals surface area contributed by atoms with Crippen LogP contribution in [0.25, 0.3) is 0 Å². The van der Waals surface area contributed by atoms with Gasteiger partial charge in [0.2, 0.25) is 0 Å². The molecular weight excluding hydrogens is 371 g/mol. The van der Waals surface area contributed by atoms with Gasteiger partial charge in [0.05, 0.1) is 26.9 Å². The SMILES string of the molecule is O=C(N/N=C/c1ccc([N+](=O)[O-])cc1)C(=O)Nc1cccc(Cl)c1Cl. The number of halogens is 2. The summed E-state index contributed by atoms with van der Waals surface area (Å²) in [5.74, 6) is -2.00. The van der Waals surface area contributed by atoms with Crippen LogP contribution in [0, 0.1) is 10.1 Å². The minimum absolute atomic E-state index is 0.0704. The van der Waals surface area contributed by atoms with E-state index < -0.39 is 16.7 Å². The molecule has 2 N–H and O–H groups in total. The predicted molar refractivity (Wildman–Crippen MR) is 93.9 cm³/mol. The van der Waals surface area contributed by atoms with Crippen molar-refractivity contribution in [2.24, 2.45) is 5.10 Å². The highest BCUT2D eigenvalue weighted by Crippen LogP contribution is 2.29. The normalized spacial score (nSPS) is 10.5. The number of nitro groups is 1. The highest BCUT2D eigenvalue weighted by Gasteiger charge is 2.15. The average molecular weight is 381 g/mol. The number of carbonyl (C=O) groups is 2. The van der Waals surface area contributed by atoms with Crippen LogP contribution in [0.3, 0.4) is 0 Å². The Labute approximate surface area is 151 Å². The summed E-state index contributed by atoms with van der Waals surface area (Å²) in [6.07, 6.45) is 1.24. The molecule has 0 bridgehead atoms. The largest absolute Gasteiger partial charge is 0.329 e. The van der Waals surface area contributed by atoms with E-state index in [9.17, 15) is 19.7 Å². The van der Waals surface area contributed by atoms with Crippen LogP contribution >= 0.6 is 23.2 Å². The molecule has 0 fully saturated rings. The highest BCUT2D eigenvalue weighted by atomic mass is 35.5. The second-order valence-corrected chi connectivity index (χ2v) is 5.39. The van der Waals surface area contributed by atoms with Crippen molar-refractivity contribution >= 4 is 52.6 Å². The number of nitro benzene ring substituents is 1. The number of carbonyl (C=O) groups excluding carboxylic acids is 2. The van der Waals surface area contributed by atoms with E-state index in [0.717, 1.165) is 0 Å². The van der Waals surface area contributed by atoms with Crippen molar-refractivity contribution in [1.82, 2.24) is 5.43 Å². The molecule has 0 heterocycles. The molecule has 0 saturated carbocycles. The van der Waals surface area contributed by atoms with Crippen LogP contribution in [0.1, 0.15) is 5.56 Å². The average Bonchev–Trinajstić information content (AvgIpc) is 2.59. The molecule has 2 amide bonds. The Bertz CT molecular complexity index is 853. The maximum absolute atomic E-state index is 11.8. The van der Waals surface area contributed by atoms with Gasteiger partial charge < -0.3 is 5.32 Å². The van der Waals surface area contributed by atoms with Crippen LogP contribution in [0.2, 0.25) is 10.0 Å². The number of hydrazone groups is 1. The first-order valence-corrected chi connectivity index (χ1v) is 7.47. The lowest BCUT2D eigenvalue weighted by Crippen LogP contribution is -2.32. The molecule has 2 aromatic rings. The van der Waals surface area contributed by atoms with E-state index >= 15 is 0 Å². The second-order valence-electron chi connectivity index (χ2n) is 4.60. The number of benzene rings is 2. The van der Waals surface area contributed by atoms with Gasteiger partial charge in [-0.3, -0.25) is 19.7 Å². The van der Waals surface area contributed by atoms with Crippen LogP contribution in [0.15, 0.2) is 47.6 Å². The summed E-state index contributed by atoms with van der Waals surface area (Å²) in [7, 11) is 0. The van der Waals surface area contributed by atoms with Crippen molar-refractivity contribution in [3.05, 3.63) is 68.2 Å². The summed E-state index contributed by atoms with van der Waals surface area (Å²) in [4.78, 5) is 33.4. The Morgan fingerprint density at radius 3 is 2.40 bits per heavy atom. The van der Waals surface area contributed by atoms with Crippen molar-refractivity contribution in [2.75, 3.05) is 5.32 Å². The van der Waals surface area contributed by atoms with Crippen molar-refractivity contribution in [1.29, 1.82) is 0 Å². The third-order valence-electron chi connectivity index (χ3n) is 2.89. The summed E-state index contributed by atoms with van der Waals surface area (Å²) in [5.41, 5.74) is 2.65. The minimum Gasteiger partial charge on any atom is -0.316 e. The molecule has 0 aliphatic carbocycles. The van der Waals surface area contributed by atoms with Crippen LogP contribution in [-0.2, 0) is 9.59 Å². The zero-order valence-electron chi connectivity index (χ0n) is 12.4. The number of hydrogen-bond donors (Lipinski definition) is 2. The van der Waals surface area contributed by atoms with Gasteiger partial charge in [0.15, 0.2) is 0 Å². The Morgan fingerprint density at radius 1 is 1.08 bits per heavy atom. The topological polar surface area (TPSA) is 114 Å². The number of nitrogens with zero attached hydrogens (tertiary/aromatic N) is 2. The van der Waals surface area contributed by atoms with Gasteiger partial charge in [0.1, 0.15) is 0 Å². The first-order valence-electron chi connectivity index (χ1n) is 6.71. The monoisotopic (exact) mass is 380 g/mol. The van der Waals surface area contributed by atoms with E-state index in [-0.39, 0.29) is 21.4 Å². The van der Waals surface area contributed by atoms with Crippen molar-refractivity contribution in [3.8, 4) is 0 Å². The molecule has 0 unspecified atom stereocenters. The molecule has 2 aromatic carbocycles. The summed E-state index contributed by atoms with van der Waals surface area (Å²) in [6.45, 7) is 0. The third kappa shape index (κ3) is 5.00. The maximum Gasteiger partial charge on any atom is 0.329 e. The van der Waals surface area contributed by atoms with Gasteiger partial charge in [0, 0.05) is 12.1 Å². The predicted octanol–water partition coefficient (Wildman–Crippen LogP) is 2.99. The molecule has 0 radical (unpaired) electrons. The fraction of sp³-hybridized carbons (Fsp3) is 0. The summed E-state index contributed by atoms with van der Waals surface area (Å²) in [6, 6.07) is 10.1. The molecule has 0 aliphatic rings. The summed E-state index contributed by atoms with van der Waals surface area (Å²) in [5, 5.41) is 16.8. The van der Waals surface area contributed by atoms with E-state index in [1.165, 1.54) is 42.6 Å². The Morgan fingerprint density at radius 2 is 1.76 bits per heavy atom. The number of anilines is 1. The van der Waals surface area contributed by atoms with Gasteiger partial charge >= 0.3 is 11.8 Å². The molecule has 25 heavy (non-hydrogen) atoms. The van der Waals surface area contributed by atoms with E-state index in [1.807, 2.05) is 5.43 Å². The minimum atomic E-state index is -1.02. The zero-order chi connectivity index (χ0) is 18.4. The van der Waals surface area contributed by atoms with E-state index in [2.05, 4.69) is 10.4 Å². The van der Waals surface area contributed by atoms with E-state index in [1.54, 1.807) is 6.07 Å². The smallest absolute Gasteiger partial charge is 0.316 e. The van der Waals surface area contributed by atoms with Crippen LogP contribution < -0.4 is 10.7 Å². The van der Waals surface area contributed by atoms with Gasteiger partial charge in [-0.1, -0.05) is 29.3 Å². The molecule has 0 atom stereocenters. The molecule has 128 valence electrons. The molecule has 10 heteroatoms. The first-order chi connectivity index (χ1) is 11.9. The number of non-ortho nitro benzene ring substituents is 1. The Hall–Kier alpha value is -2.97. The third-order valence-corrected chi connectivity index (χ3v) is 3.71. The number of hydrogen-bond acceptors (Lipinski definition) is 5. The molecule has 0 saturated heterocycles. The van der Waals surface area contributed by atoms with Crippen molar-refractivity contribution < 1.29 is 14.5 Å². The van der Waals surface area contributed by atoms with Gasteiger partial charge in [-0.2, -0.15) is 5.10 Å². The second kappa shape index (κ2) is 8.22. The van der Waals surface area contributed by atoms with Crippen LogP contribution in [-0.4, -0.2) is 23.0 Å². The molecule has 0 aromatic heterocycles. The molecule has 0 spiro atoms. The summed E-state index contributed by atoms with van der Waals surface area (Å²) < 4.78 is 0. The standard InChI is InChI=1S/C15H10Cl2N4O4/c16-11-2-1-3-12(13(11)17)19-14(22)15(23)20-18-8-9-4-6-10(7-5-9)21(24)25/h1-8H,(H,19,22)(H,20,23)/b18-8+. The van der Waals surface area contributed by atoms with Gasteiger partial charge in [-0.15, -0.1) is 0 Å².